The minimum Gasteiger partial charge on any atom is -0.493 e. The number of aromatic hydroxyl groups is 1. The standard InChI is InChI=1S/C9H8F3N3O3/c10-9(11,12)7-13-5-3-15(8(17)18)2-1-4(5)6(16)14-7/h1-3H2,(H,17,18)(H,13,14,16). The molecule has 0 spiro atoms. The van der Waals surface area contributed by atoms with Crippen molar-refractivity contribution < 1.29 is 28.2 Å². The molecule has 2 rings (SSSR count). The van der Waals surface area contributed by atoms with Gasteiger partial charge in [-0.1, -0.05) is 0 Å². The zero-order valence-electron chi connectivity index (χ0n) is 8.90. The van der Waals surface area contributed by atoms with Gasteiger partial charge in [0, 0.05) is 12.1 Å². The Morgan fingerprint density at radius 1 is 1.33 bits per heavy atom. The van der Waals surface area contributed by atoms with Gasteiger partial charge >= 0.3 is 12.3 Å². The molecule has 0 aromatic carbocycles. The summed E-state index contributed by atoms with van der Waals surface area (Å²) in [6.07, 6.45) is -5.93. The Kier molecular flexibility index (Phi) is 2.76. The molecule has 0 saturated heterocycles. The first kappa shape index (κ1) is 12.4. The summed E-state index contributed by atoms with van der Waals surface area (Å²) in [4.78, 5) is 17.9. The van der Waals surface area contributed by atoms with Gasteiger partial charge in [0.1, 0.15) is 0 Å². The molecule has 6 nitrogen and oxygen atoms in total. The van der Waals surface area contributed by atoms with Crippen molar-refractivity contribution in [1.82, 2.24) is 14.9 Å². The van der Waals surface area contributed by atoms with Crippen LogP contribution in [0.15, 0.2) is 0 Å². The van der Waals surface area contributed by atoms with Gasteiger partial charge < -0.3 is 15.1 Å². The van der Waals surface area contributed by atoms with Crippen LogP contribution in [0.5, 0.6) is 5.88 Å². The predicted octanol–water partition coefficient (Wildman–Crippen LogP) is 1.24. The molecule has 2 N–H and O–H groups in total. The van der Waals surface area contributed by atoms with E-state index in [1.807, 2.05) is 0 Å². The van der Waals surface area contributed by atoms with E-state index in [4.69, 9.17) is 5.11 Å². The fourth-order valence-corrected chi connectivity index (χ4v) is 1.70. The van der Waals surface area contributed by atoms with Crippen LogP contribution in [0.3, 0.4) is 0 Å². The first-order valence-electron chi connectivity index (χ1n) is 4.93. The van der Waals surface area contributed by atoms with Crippen LogP contribution in [0.25, 0.3) is 0 Å². The van der Waals surface area contributed by atoms with Crippen LogP contribution in [0, 0.1) is 0 Å². The van der Waals surface area contributed by atoms with Crippen molar-refractivity contribution in [3.8, 4) is 5.88 Å². The minimum atomic E-state index is -4.78. The molecule has 2 heterocycles. The highest BCUT2D eigenvalue weighted by molar-refractivity contribution is 5.65. The number of amides is 1. The van der Waals surface area contributed by atoms with Gasteiger partial charge in [0.2, 0.25) is 11.7 Å². The average molecular weight is 263 g/mol. The van der Waals surface area contributed by atoms with Gasteiger partial charge in [-0.2, -0.15) is 18.2 Å². The maximum Gasteiger partial charge on any atom is 0.451 e. The SMILES string of the molecule is O=C(O)N1CCc2c(O)nc(C(F)(F)F)nc2C1. The molecule has 98 valence electrons. The molecule has 1 amide bonds. The third-order valence-corrected chi connectivity index (χ3v) is 2.57. The molecule has 0 atom stereocenters. The van der Waals surface area contributed by atoms with E-state index in [-0.39, 0.29) is 30.8 Å². The fraction of sp³-hybridized carbons (Fsp3) is 0.444. The Bertz CT molecular complexity index is 504. The van der Waals surface area contributed by atoms with Gasteiger partial charge in [-0.05, 0) is 6.42 Å². The van der Waals surface area contributed by atoms with Crippen molar-refractivity contribution >= 4 is 6.09 Å². The van der Waals surface area contributed by atoms with E-state index in [9.17, 15) is 23.1 Å². The third-order valence-electron chi connectivity index (χ3n) is 2.57. The molecule has 1 aromatic heterocycles. The number of carboxylic acid groups (broad SMARTS) is 1. The highest BCUT2D eigenvalue weighted by Gasteiger charge is 2.37. The molecule has 0 bridgehead atoms. The number of carbonyl (C=O) groups is 1. The summed E-state index contributed by atoms with van der Waals surface area (Å²) in [6.45, 7) is -0.200. The number of aromatic nitrogens is 2. The molecule has 0 saturated carbocycles. The summed E-state index contributed by atoms with van der Waals surface area (Å²) in [5.74, 6) is -2.21. The summed E-state index contributed by atoms with van der Waals surface area (Å²) >= 11 is 0. The fourth-order valence-electron chi connectivity index (χ4n) is 1.70. The summed E-state index contributed by atoms with van der Waals surface area (Å²) in [6, 6.07) is 0. The summed E-state index contributed by atoms with van der Waals surface area (Å²) < 4.78 is 37.3. The van der Waals surface area contributed by atoms with Crippen LogP contribution in [0.1, 0.15) is 17.1 Å². The van der Waals surface area contributed by atoms with Gasteiger partial charge in [-0.3, -0.25) is 0 Å². The molecular weight excluding hydrogens is 255 g/mol. The Morgan fingerprint density at radius 3 is 2.56 bits per heavy atom. The van der Waals surface area contributed by atoms with E-state index in [1.165, 1.54) is 0 Å². The Balaban J connectivity index is 2.43. The number of rotatable bonds is 0. The molecule has 18 heavy (non-hydrogen) atoms. The second kappa shape index (κ2) is 4.00. The molecule has 0 fully saturated rings. The van der Waals surface area contributed by atoms with Crippen molar-refractivity contribution in [2.75, 3.05) is 6.54 Å². The topological polar surface area (TPSA) is 86.5 Å². The van der Waals surface area contributed by atoms with Gasteiger partial charge in [0.25, 0.3) is 0 Å². The lowest BCUT2D eigenvalue weighted by Crippen LogP contribution is -2.36. The zero-order chi connectivity index (χ0) is 13.5. The molecular formula is C9H8F3N3O3. The van der Waals surface area contributed by atoms with E-state index in [2.05, 4.69) is 9.97 Å². The second-order valence-corrected chi connectivity index (χ2v) is 3.75. The highest BCUT2D eigenvalue weighted by atomic mass is 19.4. The van der Waals surface area contributed by atoms with Gasteiger partial charge in [0.15, 0.2) is 0 Å². The number of hydrogen-bond acceptors (Lipinski definition) is 4. The highest BCUT2D eigenvalue weighted by Crippen LogP contribution is 2.31. The van der Waals surface area contributed by atoms with Crippen LogP contribution in [0.4, 0.5) is 18.0 Å². The smallest absolute Gasteiger partial charge is 0.451 e. The predicted molar refractivity (Wildman–Crippen MR) is 50.8 cm³/mol. The molecule has 1 aliphatic heterocycles. The van der Waals surface area contributed by atoms with Gasteiger partial charge in [0.05, 0.1) is 12.2 Å². The van der Waals surface area contributed by atoms with Gasteiger partial charge in [-0.25, -0.2) is 9.78 Å². The van der Waals surface area contributed by atoms with E-state index < -0.39 is 24.0 Å². The minimum absolute atomic E-state index is 0.0879. The molecule has 9 heteroatoms. The van der Waals surface area contributed by atoms with Crippen molar-refractivity contribution in [1.29, 1.82) is 0 Å². The maximum atomic E-state index is 12.4. The summed E-state index contributed by atoms with van der Waals surface area (Å²) in [7, 11) is 0. The summed E-state index contributed by atoms with van der Waals surface area (Å²) in [5.41, 5.74) is 0.0592. The first-order valence-corrected chi connectivity index (χ1v) is 4.93. The number of hydrogen-bond donors (Lipinski definition) is 2. The Labute approximate surface area is 98.7 Å². The van der Waals surface area contributed by atoms with Crippen LogP contribution in [-0.4, -0.2) is 37.7 Å². The number of halogens is 3. The summed E-state index contributed by atoms with van der Waals surface area (Å²) in [5, 5.41) is 18.2. The van der Waals surface area contributed by atoms with Crippen molar-refractivity contribution in [2.45, 2.75) is 19.1 Å². The number of alkyl halides is 3. The molecule has 0 unspecified atom stereocenters. The van der Waals surface area contributed by atoms with Crippen LogP contribution in [-0.2, 0) is 19.1 Å². The van der Waals surface area contributed by atoms with Crippen molar-refractivity contribution in [3.63, 3.8) is 0 Å². The largest absolute Gasteiger partial charge is 0.493 e. The quantitative estimate of drug-likeness (QED) is 0.735. The first-order chi connectivity index (χ1) is 8.29. The Hall–Kier alpha value is -2.06. The normalized spacial score (nSPS) is 15.4. The van der Waals surface area contributed by atoms with Crippen molar-refractivity contribution in [2.24, 2.45) is 0 Å². The second-order valence-electron chi connectivity index (χ2n) is 3.75. The average Bonchev–Trinajstić information content (AvgIpc) is 2.26. The Morgan fingerprint density at radius 2 is 2.00 bits per heavy atom. The number of fused-ring (bicyclic) bond motifs is 1. The lowest BCUT2D eigenvalue weighted by Gasteiger charge is -2.26. The van der Waals surface area contributed by atoms with Gasteiger partial charge in [-0.15, -0.1) is 0 Å². The zero-order valence-corrected chi connectivity index (χ0v) is 8.90. The molecule has 0 radical (unpaired) electrons. The van der Waals surface area contributed by atoms with Crippen molar-refractivity contribution in [3.05, 3.63) is 17.1 Å². The van der Waals surface area contributed by atoms with E-state index in [0.717, 1.165) is 4.90 Å². The van der Waals surface area contributed by atoms with Crippen LogP contribution >= 0.6 is 0 Å². The van der Waals surface area contributed by atoms with E-state index in [1.54, 1.807) is 0 Å². The monoisotopic (exact) mass is 263 g/mol. The number of nitrogens with zero attached hydrogens (tertiary/aromatic N) is 3. The van der Waals surface area contributed by atoms with Crippen LogP contribution in [0.2, 0.25) is 0 Å². The van der Waals surface area contributed by atoms with E-state index >= 15 is 0 Å². The van der Waals surface area contributed by atoms with Crippen LogP contribution < -0.4 is 0 Å². The third kappa shape index (κ3) is 2.15. The molecule has 0 aliphatic carbocycles. The molecule has 1 aliphatic rings. The maximum absolute atomic E-state index is 12.4. The van der Waals surface area contributed by atoms with E-state index in [0.29, 0.717) is 0 Å². The lowest BCUT2D eigenvalue weighted by atomic mass is 10.1. The lowest BCUT2D eigenvalue weighted by molar-refractivity contribution is -0.145. The molecule has 1 aromatic rings.